The van der Waals surface area contributed by atoms with E-state index in [1.54, 1.807) is 25.7 Å². The molecule has 8 nitrogen and oxygen atoms in total. The molecule has 0 aromatic carbocycles. The van der Waals surface area contributed by atoms with Crippen LogP contribution in [0.25, 0.3) is 0 Å². The molecule has 2 N–H and O–H groups in total. The molecule has 0 unspecified atom stereocenters. The van der Waals surface area contributed by atoms with Crippen molar-refractivity contribution in [2.45, 2.75) is 52.2 Å². The molecule has 1 aliphatic rings. The van der Waals surface area contributed by atoms with E-state index in [0.29, 0.717) is 32.5 Å². The maximum Gasteiger partial charge on any atom is 0.320 e. The van der Waals surface area contributed by atoms with Crippen molar-refractivity contribution in [3.63, 3.8) is 0 Å². The Balaban J connectivity index is 2.42. The van der Waals surface area contributed by atoms with Crippen LogP contribution in [0.5, 0.6) is 0 Å². The summed E-state index contributed by atoms with van der Waals surface area (Å²) in [5, 5.41) is 0. The van der Waals surface area contributed by atoms with Crippen LogP contribution in [0, 0.1) is 5.92 Å². The topological polar surface area (TPSA) is 108 Å². The summed E-state index contributed by atoms with van der Waals surface area (Å²) >= 11 is 0. The Morgan fingerprint density at radius 3 is 2.24 bits per heavy atom. The minimum absolute atomic E-state index is 0.0115. The average molecular weight is 358 g/mol. The van der Waals surface area contributed by atoms with Crippen molar-refractivity contribution < 1.29 is 28.6 Å². The normalized spacial score (nSPS) is 17.1. The minimum atomic E-state index is -0.972. The molecule has 144 valence electrons. The molecular formula is C17H30N2O6. The molecule has 0 aromatic heterocycles. The Bertz CT molecular complexity index is 466. The van der Waals surface area contributed by atoms with Gasteiger partial charge < -0.3 is 24.8 Å². The summed E-state index contributed by atoms with van der Waals surface area (Å²) in [5.41, 5.74) is 4.96. The van der Waals surface area contributed by atoms with E-state index in [2.05, 4.69) is 0 Å². The number of piperidine rings is 1. The molecule has 1 fully saturated rings. The van der Waals surface area contributed by atoms with Gasteiger partial charge in [-0.1, -0.05) is 0 Å². The first kappa shape index (κ1) is 21.4. The van der Waals surface area contributed by atoms with Crippen molar-refractivity contribution >= 4 is 17.8 Å². The first-order valence-electron chi connectivity index (χ1n) is 8.60. The lowest BCUT2D eigenvalue weighted by atomic mass is 10.0. The maximum atomic E-state index is 12.5. The lowest BCUT2D eigenvalue weighted by Crippen LogP contribution is -2.48. The maximum absolute atomic E-state index is 12.5. The van der Waals surface area contributed by atoms with Gasteiger partial charge in [-0.05, 0) is 33.6 Å². The fourth-order valence-corrected chi connectivity index (χ4v) is 2.53. The van der Waals surface area contributed by atoms with Crippen LogP contribution >= 0.6 is 0 Å². The smallest absolute Gasteiger partial charge is 0.320 e. The van der Waals surface area contributed by atoms with Gasteiger partial charge in [0.2, 0.25) is 5.91 Å². The largest absolute Gasteiger partial charge is 0.463 e. The van der Waals surface area contributed by atoms with Gasteiger partial charge in [0.05, 0.1) is 12.7 Å². The molecule has 1 amide bonds. The second-order valence-corrected chi connectivity index (χ2v) is 7.06. The van der Waals surface area contributed by atoms with Gasteiger partial charge in [0.25, 0.3) is 0 Å². The highest BCUT2D eigenvalue weighted by molar-refractivity contribution is 5.98. The number of likely N-dealkylation sites (tertiary alicyclic amines) is 1. The van der Waals surface area contributed by atoms with E-state index in [1.165, 1.54) is 6.92 Å². The third-order valence-corrected chi connectivity index (χ3v) is 3.72. The Hall–Kier alpha value is -1.67. The van der Waals surface area contributed by atoms with Gasteiger partial charge in [-0.25, -0.2) is 0 Å². The number of carbonyl (C=O) groups is 3. The Kier molecular flexibility index (Phi) is 8.31. The zero-order valence-corrected chi connectivity index (χ0v) is 15.6. The molecule has 1 atom stereocenters. The van der Waals surface area contributed by atoms with Crippen molar-refractivity contribution in [3.8, 4) is 0 Å². The van der Waals surface area contributed by atoms with E-state index in [0.717, 1.165) is 0 Å². The zero-order valence-electron chi connectivity index (χ0n) is 15.6. The molecule has 0 spiro atoms. The standard InChI is InChI=1S/C17H30N2O6/c1-12(20)23-9-10-24-13-5-7-19(8-6-13)15(21)14(11-18)16(22)25-17(2,3)4/h13-14H,5-11,18H2,1-4H3/t14-/m0/s1. The predicted molar refractivity (Wildman–Crippen MR) is 90.6 cm³/mol. The van der Waals surface area contributed by atoms with Crippen molar-refractivity contribution in [1.29, 1.82) is 0 Å². The number of rotatable bonds is 7. The second kappa shape index (κ2) is 9.72. The van der Waals surface area contributed by atoms with E-state index in [1.807, 2.05) is 0 Å². The fraction of sp³-hybridized carbons (Fsp3) is 0.824. The molecule has 25 heavy (non-hydrogen) atoms. The lowest BCUT2D eigenvalue weighted by Gasteiger charge is -2.34. The number of ether oxygens (including phenoxy) is 3. The Morgan fingerprint density at radius 2 is 1.76 bits per heavy atom. The van der Waals surface area contributed by atoms with Gasteiger partial charge >= 0.3 is 11.9 Å². The van der Waals surface area contributed by atoms with Crippen LogP contribution in [0.4, 0.5) is 0 Å². The first-order valence-corrected chi connectivity index (χ1v) is 8.60. The number of hydrogen-bond acceptors (Lipinski definition) is 7. The van der Waals surface area contributed by atoms with E-state index in [-0.39, 0.29) is 31.1 Å². The number of nitrogens with two attached hydrogens (primary N) is 1. The number of nitrogens with zero attached hydrogens (tertiary/aromatic N) is 1. The third-order valence-electron chi connectivity index (χ3n) is 3.72. The molecule has 0 saturated carbocycles. The summed E-state index contributed by atoms with van der Waals surface area (Å²) in [6.45, 7) is 8.08. The highest BCUT2D eigenvalue weighted by Crippen LogP contribution is 2.18. The molecule has 1 saturated heterocycles. The van der Waals surface area contributed by atoms with Gasteiger partial charge in [0.1, 0.15) is 18.1 Å². The number of hydrogen-bond donors (Lipinski definition) is 1. The van der Waals surface area contributed by atoms with Gasteiger partial charge in [-0.2, -0.15) is 0 Å². The van der Waals surface area contributed by atoms with Crippen LogP contribution < -0.4 is 5.73 Å². The number of amides is 1. The molecule has 0 bridgehead atoms. The van der Waals surface area contributed by atoms with Gasteiger partial charge in [0.15, 0.2) is 0 Å². The molecule has 0 aromatic rings. The summed E-state index contributed by atoms with van der Waals surface area (Å²) in [4.78, 5) is 37.0. The third kappa shape index (κ3) is 7.83. The van der Waals surface area contributed by atoms with E-state index in [9.17, 15) is 14.4 Å². The van der Waals surface area contributed by atoms with Gasteiger partial charge in [-0.3, -0.25) is 14.4 Å². The summed E-state index contributed by atoms with van der Waals surface area (Å²) in [6.07, 6.45) is 1.34. The molecule has 1 aliphatic heterocycles. The van der Waals surface area contributed by atoms with Crippen LogP contribution in [0.1, 0.15) is 40.5 Å². The van der Waals surface area contributed by atoms with E-state index < -0.39 is 17.5 Å². The summed E-state index contributed by atoms with van der Waals surface area (Å²) in [7, 11) is 0. The zero-order chi connectivity index (χ0) is 19.0. The predicted octanol–water partition coefficient (Wildman–Crippen LogP) is 0.474. The van der Waals surface area contributed by atoms with E-state index >= 15 is 0 Å². The van der Waals surface area contributed by atoms with Crippen LogP contribution in [0.15, 0.2) is 0 Å². The van der Waals surface area contributed by atoms with Crippen molar-refractivity contribution in [3.05, 3.63) is 0 Å². The SMILES string of the molecule is CC(=O)OCCOC1CCN(C(=O)[C@H](CN)C(=O)OC(C)(C)C)CC1. The monoisotopic (exact) mass is 358 g/mol. The van der Waals surface area contributed by atoms with Crippen LogP contribution in [0.3, 0.4) is 0 Å². The summed E-state index contributed by atoms with van der Waals surface area (Å²) in [6, 6.07) is 0. The summed E-state index contributed by atoms with van der Waals surface area (Å²) < 4.78 is 15.7. The number of esters is 2. The molecule has 1 rings (SSSR count). The molecule has 0 radical (unpaired) electrons. The molecule has 0 aliphatic carbocycles. The van der Waals surface area contributed by atoms with Gasteiger partial charge in [-0.15, -0.1) is 0 Å². The molecular weight excluding hydrogens is 328 g/mol. The molecule has 8 heteroatoms. The van der Waals surface area contributed by atoms with Gasteiger partial charge in [0, 0.05) is 26.6 Å². The highest BCUT2D eigenvalue weighted by Gasteiger charge is 2.34. The molecule has 1 heterocycles. The van der Waals surface area contributed by atoms with Crippen molar-refractivity contribution in [2.24, 2.45) is 11.7 Å². The Labute approximate surface area is 148 Å². The fourth-order valence-electron chi connectivity index (χ4n) is 2.53. The van der Waals surface area contributed by atoms with E-state index in [4.69, 9.17) is 19.9 Å². The van der Waals surface area contributed by atoms with Crippen molar-refractivity contribution in [2.75, 3.05) is 32.8 Å². The van der Waals surface area contributed by atoms with Crippen LogP contribution in [-0.4, -0.2) is 67.3 Å². The van der Waals surface area contributed by atoms with Crippen LogP contribution in [-0.2, 0) is 28.6 Å². The lowest BCUT2D eigenvalue weighted by molar-refractivity contribution is -0.165. The minimum Gasteiger partial charge on any atom is -0.463 e. The summed E-state index contributed by atoms with van der Waals surface area (Å²) in [5.74, 6) is -2.19. The van der Waals surface area contributed by atoms with Crippen LogP contribution in [0.2, 0.25) is 0 Å². The first-order chi connectivity index (χ1) is 11.6. The quantitative estimate of drug-likeness (QED) is 0.400. The van der Waals surface area contributed by atoms with Crippen molar-refractivity contribution in [1.82, 2.24) is 4.90 Å². The Morgan fingerprint density at radius 1 is 1.16 bits per heavy atom. The highest BCUT2D eigenvalue weighted by atomic mass is 16.6. The second-order valence-electron chi connectivity index (χ2n) is 7.06. The average Bonchev–Trinajstić information content (AvgIpc) is 2.50. The number of carbonyl (C=O) groups excluding carboxylic acids is 3.